The van der Waals surface area contributed by atoms with E-state index < -0.39 is 6.10 Å². The summed E-state index contributed by atoms with van der Waals surface area (Å²) in [4.78, 5) is 19.1. The first-order chi connectivity index (χ1) is 11.7. The number of rotatable bonds is 6. The highest BCUT2D eigenvalue weighted by atomic mass is 16.6. The number of imidazole rings is 1. The summed E-state index contributed by atoms with van der Waals surface area (Å²) >= 11 is 0. The maximum absolute atomic E-state index is 12.9. The van der Waals surface area contributed by atoms with Crippen LogP contribution in [0.15, 0.2) is 36.7 Å². The van der Waals surface area contributed by atoms with Crippen molar-refractivity contribution in [1.29, 1.82) is 0 Å². The summed E-state index contributed by atoms with van der Waals surface area (Å²) in [5, 5.41) is 0. The molecule has 1 atom stereocenters. The van der Waals surface area contributed by atoms with Crippen molar-refractivity contribution in [3.63, 3.8) is 0 Å². The average Bonchev–Trinajstić information content (AvgIpc) is 3.02. The van der Waals surface area contributed by atoms with E-state index in [0.29, 0.717) is 24.6 Å². The lowest BCUT2D eigenvalue weighted by Crippen LogP contribution is -2.46. The average molecular weight is 329 g/mol. The summed E-state index contributed by atoms with van der Waals surface area (Å²) in [5.74, 6) is 2.11. The zero-order chi connectivity index (χ0) is 16.9. The second kappa shape index (κ2) is 7.38. The third-order valence-corrected chi connectivity index (χ3v) is 4.13. The van der Waals surface area contributed by atoms with E-state index in [0.717, 1.165) is 18.7 Å². The fourth-order valence-corrected chi connectivity index (χ4v) is 2.68. The van der Waals surface area contributed by atoms with Crippen LogP contribution in [-0.4, -0.2) is 39.6 Å². The topological polar surface area (TPSA) is 56.6 Å². The van der Waals surface area contributed by atoms with Crippen molar-refractivity contribution >= 4 is 5.91 Å². The number of nitrogens with zero attached hydrogens (tertiary/aromatic N) is 3. The highest BCUT2D eigenvalue weighted by Gasteiger charge is 2.31. The van der Waals surface area contributed by atoms with Crippen molar-refractivity contribution in [1.82, 2.24) is 14.5 Å². The molecule has 1 aromatic heterocycles. The van der Waals surface area contributed by atoms with Crippen molar-refractivity contribution in [2.75, 3.05) is 13.2 Å². The molecular weight excluding hydrogens is 306 g/mol. The number of hydrogen-bond donors (Lipinski definition) is 0. The predicted octanol–water partition coefficient (Wildman–Crippen LogP) is 2.39. The Bertz CT molecular complexity index is 698. The number of carbonyl (C=O) groups excluding carboxylic acids is 1. The summed E-state index contributed by atoms with van der Waals surface area (Å²) in [6, 6.07) is 7.43. The smallest absolute Gasteiger partial charge is 0.267 e. The van der Waals surface area contributed by atoms with Crippen LogP contribution >= 0.6 is 0 Å². The normalized spacial score (nSPS) is 16.0. The number of aromatic nitrogens is 2. The Morgan fingerprint density at radius 1 is 1.38 bits per heavy atom. The molecule has 1 amide bonds. The predicted molar refractivity (Wildman–Crippen MR) is 89.9 cm³/mol. The third-order valence-electron chi connectivity index (χ3n) is 4.13. The maximum Gasteiger partial charge on any atom is 0.267 e. The first-order valence-electron chi connectivity index (χ1n) is 8.32. The molecule has 0 spiro atoms. The first kappa shape index (κ1) is 16.4. The summed E-state index contributed by atoms with van der Waals surface area (Å²) < 4.78 is 13.5. The second-order valence-corrected chi connectivity index (χ2v) is 5.93. The second-order valence-electron chi connectivity index (χ2n) is 5.93. The van der Waals surface area contributed by atoms with Gasteiger partial charge in [-0.2, -0.15) is 0 Å². The van der Waals surface area contributed by atoms with E-state index in [2.05, 4.69) is 11.9 Å². The van der Waals surface area contributed by atoms with Gasteiger partial charge in [0, 0.05) is 26.0 Å². The molecule has 3 rings (SSSR count). The molecular formula is C18H23N3O3. The maximum atomic E-state index is 12.9. The number of para-hydroxylation sites is 2. The summed E-state index contributed by atoms with van der Waals surface area (Å²) in [5.41, 5.74) is 0. The van der Waals surface area contributed by atoms with Crippen LogP contribution in [0.3, 0.4) is 0 Å². The van der Waals surface area contributed by atoms with Crippen molar-refractivity contribution in [2.45, 2.75) is 32.4 Å². The minimum atomic E-state index is -0.614. The molecule has 0 unspecified atom stereocenters. The van der Waals surface area contributed by atoms with Crippen molar-refractivity contribution in [2.24, 2.45) is 7.05 Å². The van der Waals surface area contributed by atoms with Crippen LogP contribution in [0, 0.1) is 0 Å². The monoisotopic (exact) mass is 329 g/mol. The van der Waals surface area contributed by atoms with Crippen LogP contribution < -0.4 is 9.47 Å². The van der Waals surface area contributed by atoms with Crippen molar-refractivity contribution in [3.8, 4) is 11.5 Å². The van der Waals surface area contributed by atoms with E-state index >= 15 is 0 Å². The van der Waals surface area contributed by atoms with Gasteiger partial charge in [0.15, 0.2) is 11.5 Å². The highest BCUT2D eigenvalue weighted by Crippen LogP contribution is 2.31. The molecule has 0 bridgehead atoms. The fraction of sp³-hybridized carbons (Fsp3) is 0.444. The number of ether oxygens (including phenoxy) is 2. The van der Waals surface area contributed by atoms with Gasteiger partial charge in [-0.05, 0) is 18.6 Å². The minimum Gasteiger partial charge on any atom is -0.485 e. The number of amides is 1. The van der Waals surface area contributed by atoms with Gasteiger partial charge in [-0.1, -0.05) is 25.5 Å². The standard InChI is InChI=1S/C18H23N3O3/c1-3-4-10-21(12-17-19-9-11-20(17)2)18(22)16-13-23-14-7-5-6-8-15(14)24-16/h5-9,11,16H,3-4,10,12-13H2,1-2H3/t16-/m0/s1. The van der Waals surface area contributed by atoms with Gasteiger partial charge in [0.05, 0.1) is 6.54 Å². The van der Waals surface area contributed by atoms with Crippen molar-refractivity contribution in [3.05, 3.63) is 42.5 Å². The minimum absolute atomic E-state index is 0.0547. The zero-order valence-corrected chi connectivity index (χ0v) is 14.1. The quantitative estimate of drug-likeness (QED) is 0.816. The van der Waals surface area contributed by atoms with E-state index in [4.69, 9.17) is 9.47 Å². The number of benzene rings is 1. The van der Waals surface area contributed by atoms with Crippen LogP contribution in [0.4, 0.5) is 0 Å². The molecule has 0 saturated heterocycles. The number of carbonyl (C=O) groups is 1. The third kappa shape index (κ3) is 3.53. The lowest BCUT2D eigenvalue weighted by atomic mass is 10.2. The molecule has 2 aromatic rings. The van der Waals surface area contributed by atoms with Gasteiger partial charge < -0.3 is 18.9 Å². The van der Waals surface area contributed by atoms with Gasteiger partial charge in [-0.15, -0.1) is 0 Å². The molecule has 0 fully saturated rings. The molecule has 128 valence electrons. The fourth-order valence-electron chi connectivity index (χ4n) is 2.68. The van der Waals surface area contributed by atoms with E-state index in [1.165, 1.54) is 0 Å². The number of unbranched alkanes of at least 4 members (excludes halogenated alkanes) is 1. The molecule has 0 radical (unpaired) electrons. The first-order valence-corrected chi connectivity index (χ1v) is 8.32. The molecule has 0 saturated carbocycles. The molecule has 0 N–H and O–H groups in total. The van der Waals surface area contributed by atoms with Crippen LogP contribution in [0.1, 0.15) is 25.6 Å². The Labute approximate surface area is 142 Å². The largest absolute Gasteiger partial charge is 0.485 e. The lowest BCUT2D eigenvalue weighted by molar-refractivity contribution is -0.142. The van der Waals surface area contributed by atoms with E-state index in [9.17, 15) is 4.79 Å². The van der Waals surface area contributed by atoms with Crippen LogP contribution in [0.2, 0.25) is 0 Å². The molecule has 6 heteroatoms. The number of aryl methyl sites for hydroxylation is 1. The Morgan fingerprint density at radius 2 is 2.17 bits per heavy atom. The molecule has 24 heavy (non-hydrogen) atoms. The SMILES string of the molecule is CCCCN(Cc1nccn1C)C(=O)[C@@H]1COc2ccccc2O1. The van der Waals surface area contributed by atoms with Crippen LogP contribution in [0.5, 0.6) is 11.5 Å². The van der Waals surface area contributed by atoms with Gasteiger partial charge >= 0.3 is 0 Å². The van der Waals surface area contributed by atoms with Crippen molar-refractivity contribution < 1.29 is 14.3 Å². The molecule has 6 nitrogen and oxygen atoms in total. The van der Waals surface area contributed by atoms with E-state index in [1.807, 2.05) is 47.0 Å². The molecule has 1 aliphatic heterocycles. The zero-order valence-electron chi connectivity index (χ0n) is 14.1. The lowest BCUT2D eigenvalue weighted by Gasteiger charge is -2.30. The van der Waals surface area contributed by atoms with Gasteiger partial charge in [0.2, 0.25) is 6.10 Å². The van der Waals surface area contributed by atoms with Gasteiger partial charge in [0.1, 0.15) is 12.4 Å². The van der Waals surface area contributed by atoms with E-state index in [-0.39, 0.29) is 12.5 Å². The van der Waals surface area contributed by atoms with Crippen LogP contribution in [-0.2, 0) is 18.4 Å². The molecule has 1 aliphatic rings. The summed E-state index contributed by atoms with van der Waals surface area (Å²) in [7, 11) is 1.93. The number of hydrogen-bond acceptors (Lipinski definition) is 4. The number of fused-ring (bicyclic) bond motifs is 1. The Morgan fingerprint density at radius 3 is 2.88 bits per heavy atom. The summed E-state index contributed by atoms with van der Waals surface area (Å²) in [6.07, 6.45) is 4.98. The molecule has 2 heterocycles. The van der Waals surface area contributed by atoms with E-state index in [1.54, 1.807) is 6.20 Å². The Balaban J connectivity index is 1.72. The highest BCUT2D eigenvalue weighted by molar-refractivity contribution is 5.82. The molecule has 1 aromatic carbocycles. The summed E-state index contributed by atoms with van der Waals surface area (Å²) in [6.45, 7) is 3.51. The Hall–Kier alpha value is -2.50. The van der Waals surface area contributed by atoms with Gasteiger partial charge in [0.25, 0.3) is 5.91 Å². The van der Waals surface area contributed by atoms with Gasteiger partial charge in [-0.25, -0.2) is 4.98 Å². The Kier molecular flexibility index (Phi) is 5.03. The van der Waals surface area contributed by atoms with Crippen LogP contribution in [0.25, 0.3) is 0 Å². The van der Waals surface area contributed by atoms with Gasteiger partial charge in [-0.3, -0.25) is 4.79 Å². The molecule has 0 aliphatic carbocycles.